The maximum Gasteiger partial charge on any atom is 0.322 e. The zero-order valence-electron chi connectivity index (χ0n) is 12.3. The van der Waals surface area contributed by atoms with Gasteiger partial charge >= 0.3 is 6.03 Å². The van der Waals surface area contributed by atoms with E-state index < -0.39 is 0 Å². The van der Waals surface area contributed by atoms with Crippen LogP contribution in [-0.4, -0.2) is 37.0 Å². The SMILES string of the molecule is C=CCN(CC=C)C(=O)Nc1ccccc1CC(=O)NC. The average molecular weight is 287 g/mol. The summed E-state index contributed by atoms with van der Waals surface area (Å²) < 4.78 is 0. The number of para-hydroxylation sites is 1. The zero-order chi connectivity index (χ0) is 15.7. The summed E-state index contributed by atoms with van der Waals surface area (Å²) in [5.41, 5.74) is 1.39. The number of nitrogens with one attached hydrogen (secondary N) is 2. The summed E-state index contributed by atoms with van der Waals surface area (Å²) in [5.74, 6) is -0.106. The van der Waals surface area contributed by atoms with Gasteiger partial charge in [0, 0.05) is 25.8 Å². The summed E-state index contributed by atoms with van der Waals surface area (Å²) in [6.45, 7) is 8.11. The lowest BCUT2D eigenvalue weighted by Crippen LogP contribution is -2.35. The minimum atomic E-state index is -0.251. The summed E-state index contributed by atoms with van der Waals surface area (Å²) in [6, 6.07) is 6.99. The summed E-state index contributed by atoms with van der Waals surface area (Å²) in [5, 5.41) is 5.39. The van der Waals surface area contributed by atoms with Crippen LogP contribution in [-0.2, 0) is 11.2 Å². The minimum Gasteiger partial charge on any atom is -0.359 e. The van der Waals surface area contributed by atoms with Gasteiger partial charge < -0.3 is 15.5 Å². The number of rotatable bonds is 7. The summed E-state index contributed by atoms with van der Waals surface area (Å²) >= 11 is 0. The van der Waals surface area contributed by atoms with Gasteiger partial charge in [-0.15, -0.1) is 13.2 Å². The first-order chi connectivity index (χ1) is 10.1. The molecule has 0 radical (unpaired) electrons. The van der Waals surface area contributed by atoms with Crippen LogP contribution in [0, 0.1) is 0 Å². The lowest BCUT2D eigenvalue weighted by molar-refractivity contribution is -0.119. The van der Waals surface area contributed by atoms with Gasteiger partial charge in [0.15, 0.2) is 0 Å². The number of urea groups is 1. The smallest absolute Gasteiger partial charge is 0.322 e. The third-order valence-electron chi connectivity index (χ3n) is 2.87. The number of hydrogen-bond acceptors (Lipinski definition) is 2. The maximum absolute atomic E-state index is 12.2. The molecule has 1 aromatic rings. The number of likely N-dealkylation sites (N-methyl/N-ethyl adjacent to an activating group) is 1. The normalized spacial score (nSPS) is 9.57. The van der Waals surface area contributed by atoms with Crippen molar-refractivity contribution >= 4 is 17.6 Å². The fourth-order valence-electron chi connectivity index (χ4n) is 1.80. The molecular formula is C16H21N3O2. The van der Waals surface area contributed by atoms with Crippen LogP contribution in [0.4, 0.5) is 10.5 Å². The van der Waals surface area contributed by atoms with Crippen molar-refractivity contribution in [2.24, 2.45) is 0 Å². The van der Waals surface area contributed by atoms with Crippen LogP contribution >= 0.6 is 0 Å². The van der Waals surface area contributed by atoms with Crippen molar-refractivity contribution in [3.63, 3.8) is 0 Å². The van der Waals surface area contributed by atoms with Gasteiger partial charge in [-0.1, -0.05) is 30.4 Å². The fourth-order valence-corrected chi connectivity index (χ4v) is 1.80. The van der Waals surface area contributed by atoms with Crippen LogP contribution in [0.5, 0.6) is 0 Å². The molecule has 0 fully saturated rings. The van der Waals surface area contributed by atoms with E-state index in [1.165, 1.54) is 0 Å². The molecule has 5 nitrogen and oxygen atoms in total. The first-order valence-corrected chi connectivity index (χ1v) is 6.68. The molecule has 0 heterocycles. The molecule has 112 valence electrons. The van der Waals surface area contributed by atoms with Crippen LogP contribution in [0.2, 0.25) is 0 Å². The van der Waals surface area contributed by atoms with Gasteiger partial charge in [-0.3, -0.25) is 4.79 Å². The Bertz CT molecular complexity index is 516. The minimum absolute atomic E-state index is 0.106. The zero-order valence-corrected chi connectivity index (χ0v) is 12.3. The van der Waals surface area contributed by atoms with Crippen LogP contribution in [0.15, 0.2) is 49.6 Å². The number of anilines is 1. The number of hydrogen-bond donors (Lipinski definition) is 2. The first-order valence-electron chi connectivity index (χ1n) is 6.68. The van der Waals surface area contributed by atoms with E-state index >= 15 is 0 Å². The molecule has 0 aliphatic rings. The maximum atomic E-state index is 12.2. The Labute approximate surface area is 125 Å². The Balaban J connectivity index is 2.85. The lowest BCUT2D eigenvalue weighted by Gasteiger charge is -2.21. The Morgan fingerprint density at radius 3 is 2.38 bits per heavy atom. The highest BCUT2D eigenvalue weighted by atomic mass is 16.2. The van der Waals surface area contributed by atoms with Gasteiger partial charge in [0.1, 0.15) is 0 Å². The van der Waals surface area contributed by atoms with Gasteiger partial charge in [-0.25, -0.2) is 4.79 Å². The molecule has 1 rings (SSSR count). The van der Waals surface area contributed by atoms with Crippen molar-refractivity contribution < 1.29 is 9.59 Å². The first kappa shape index (κ1) is 16.5. The Hall–Kier alpha value is -2.56. The standard InChI is InChI=1S/C16H21N3O2/c1-4-10-19(11-5-2)16(21)18-14-9-7-6-8-13(14)12-15(20)17-3/h4-9H,1-2,10-12H2,3H3,(H,17,20)(H,18,21). The van der Waals surface area contributed by atoms with Crippen molar-refractivity contribution in [2.45, 2.75) is 6.42 Å². The van der Waals surface area contributed by atoms with E-state index in [1.54, 1.807) is 30.2 Å². The Morgan fingerprint density at radius 1 is 1.19 bits per heavy atom. The van der Waals surface area contributed by atoms with E-state index in [0.29, 0.717) is 18.8 Å². The van der Waals surface area contributed by atoms with Gasteiger partial charge in [0.25, 0.3) is 0 Å². The molecule has 0 aliphatic heterocycles. The predicted molar refractivity (Wildman–Crippen MR) is 85.2 cm³/mol. The second-order valence-corrected chi connectivity index (χ2v) is 4.42. The van der Waals surface area contributed by atoms with Crippen molar-refractivity contribution in [3.05, 3.63) is 55.1 Å². The van der Waals surface area contributed by atoms with Crippen molar-refractivity contribution in [1.29, 1.82) is 0 Å². The molecule has 1 aromatic carbocycles. The molecule has 0 spiro atoms. The molecule has 0 saturated heterocycles. The van der Waals surface area contributed by atoms with Gasteiger partial charge in [-0.05, 0) is 11.6 Å². The molecule has 0 atom stereocenters. The van der Waals surface area contributed by atoms with Gasteiger partial charge in [0.05, 0.1) is 6.42 Å². The second kappa shape index (κ2) is 8.58. The molecule has 5 heteroatoms. The Morgan fingerprint density at radius 2 is 1.81 bits per heavy atom. The largest absolute Gasteiger partial charge is 0.359 e. The predicted octanol–water partition coefficient (Wildman–Crippen LogP) is 2.18. The van der Waals surface area contributed by atoms with Crippen molar-refractivity contribution in [1.82, 2.24) is 10.2 Å². The van der Waals surface area contributed by atoms with Crippen LogP contribution in [0.25, 0.3) is 0 Å². The monoisotopic (exact) mass is 287 g/mol. The quantitative estimate of drug-likeness (QED) is 0.755. The third-order valence-corrected chi connectivity index (χ3v) is 2.87. The third kappa shape index (κ3) is 5.14. The highest BCUT2D eigenvalue weighted by molar-refractivity contribution is 5.91. The van der Waals surface area contributed by atoms with E-state index in [9.17, 15) is 9.59 Å². The molecule has 0 aromatic heterocycles. The summed E-state index contributed by atoms with van der Waals surface area (Å²) in [7, 11) is 1.58. The van der Waals surface area contributed by atoms with E-state index in [0.717, 1.165) is 5.56 Å². The number of carbonyl (C=O) groups excluding carboxylic acids is 2. The van der Waals surface area contributed by atoms with Crippen LogP contribution in [0.3, 0.4) is 0 Å². The molecule has 0 aliphatic carbocycles. The van der Waals surface area contributed by atoms with Crippen molar-refractivity contribution in [3.8, 4) is 0 Å². The fraction of sp³-hybridized carbons (Fsp3) is 0.250. The van der Waals surface area contributed by atoms with Crippen LogP contribution in [0.1, 0.15) is 5.56 Å². The second-order valence-electron chi connectivity index (χ2n) is 4.42. The molecule has 3 amide bonds. The average Bonchev–Trinajstić information content (AvgIpc) is 2.48. The molecule has 0 saturated carbocycles. The molecular weight excluding hydrogens is 266 g/mol. The number of carbonyl (C=O) groups is 2. The molecule has 0 bridgehead atoms. The van der Waals surface area contributed by atoms with Crippen LogP contribution < -0.4 is 10.6 Å². The lowest BCUT2D eigenvalue weighted by atomic mass is 10.1. The highest BCUT2D eigenvalue weighted by Gasteiger charge is 2.13. The van der Waals surface area contributed by atoms with E-state index in [4.69, 9.17) is 0 Å². The van der Waals surface area contributed by atoms with Crippen molar-refractivity contribution in [2.75, 3.05) is 25.5 Å². The molecule has 21 heavy (non-hydrogen) atoms. The Kier molecular flexibility index (Phi) is 6.74. The van der Waals surface area contributed by atoms with E-state index in [1.807, 2.05) is 18.2 Å². The van der Waals surface area contributed by atoms with Gasteiger partial charge in [-0.2, -0.15) is 0 Å². The molecule has 0 unspecified atom stereocenters. The topological polar surface area (TPSA) is 61.4 Å². The number of amides is 3. The summed E-state index contributed by atoms with van der Waals surface area (Å²) in [6.07, 6.45) is 3.52. The van der Waals surface area contributed by atoms with Gasteiger partial charge in [0.2, 0.25) is 5.91 Å². The molecule has 2 N–H and O–H groups in total. The van der Waals surface area contributed by atoms with E-state index in [2.05, 4.69) is 23.8 Å². The number of nitrogens with zero attached hydrogens (tertiary/aromatic N) is 1. The highest BCUT2D eigenvalue weighted by Crippen LogP contribution is 2.16. The summed E-state index contributed by atoms with van der Waals surface area (Å²) in [4.78, 5) is 25.3. The van der Waals surface area contributed by atoms with E-state index in [-0.39, 0.29) is 18.4 Å². The number of benzene rings is 1.